The normalized spacial score (nSPS) is 10.8. The van der Waals surface area contributed by atoms with Crippen LogP contribution in [0.4, 0.5) is 0 Å². The van der Waals surface area contributed by atoms with E-state index in [2.05, 4.69) is 10.5 Å². The van der Waals surface area contributed by atoms with Gasteiger partial charge in [-0.15, -0.1) is 0 Å². The largest absolute Gasteiger partial charge is 0.496 e. The summed E-state index contributed by atoms with van der Waals surface area (Å²) in [5.41, 5.74) is 3.31. The second-order valence-electron chi connectivity index (χ2n) is 5.41. The Morgan fingerprint density at radius 1 is 1.04 bits per heavy atom. The first-order chi connectivity index (χ1) is 12.7. The van der Waals surface area contributed by atoms with Crippen LogP contribution in [0, 0.1) is 0 Å². The molecule has 3 rings (SSSR count). The van der Waals surface area contributed by atoms with Crippen LogP contribution < -0.4 is 14.9 Å². The van der Waals surface area contributed by atoms with Crippen molar-refractivity contribution in [2.75, 3.05) is 13.7 Å². The molecule has 0 spiro atoms. The van der Waals surface area contributed by atoms with Crippen molar-refractivity contribution in [1.82, 2.24) is 5.43 Å². The molecule has 0 heterocycles. The number of fused-ring (bicyclic) bond motifs is 1. The highest BCUT2D eigenvalue weighted by Crippen LogP contribution is 2.27. The minimum atomic E-state index is -0.376. The van der Waals surface area contributed by atoms with Crippen LogP contribution in [0.3, 0.4) is 0 Å². The van der Waals surface area contributed by atoms with Gasteiger partial charge in [0, 0.05) is 10.9 Å². The number of carbonyl (C=O) groups is 1. The molecule has 1 N–H and O–H groups in total. The molecule has 132 valence electrons. The van der Waals surface area contributed by atoms with Gasteiger partial charge in [0.1, 0.15) is 11.5 Å². The second kappa shape index (κ2) is 8.36. The Kier molecular flexibility index (Phi) is 5.71. The molecule has 0 saturated carbocycles. The van der Waals surface area contributed by atoms with Crippen molar-refractivity contribution in [3.8, 4) is 11.5 Å². The monoisotopic (exact) mass is 368 g/mol. The van der Waals surface area contributed by atoms with Gasteiger partial charge in [-0.2, -0.15) is 5.10 Å². The molecule has 0 unspecified atom stereocenters. The number of ether oxygens (including phenoxy) is 2. The van der Waals surface area contributed by atoms with Crippen molar-refractivity contribution in [3.05, 3.63) is 71.2 Å². The first-order valence-corrected chi connectivity index (χ1v) is 8.32. The molecule has 0 atom stereocenters. The Morgan fingerprint density at radius 3 is 2.54 bits per heavy atom. The summed E-state index contributed by atoms with van der Waals surface area (Å²) in [6, 6.07) is 18.6. The third kappa shape index (κ3) is 4.13. The summed E-state index contributed by atoms with van der Waals surface area (Å²) < 4.78 is 10.7. The third-order valence-corrected chi connectivity index (χ3v) is 4.04. The molecule has 0 aromatic heterocycles. The summed E-state index contributed by atoms with van der Waals surface area (Å²) in [5, 5.41) is 6.42. The van der Waals surface area contributed by atoms with Crippen LogP contribution in [0.5, 0.6) is 11.5 Å². The van der Waals surface area contributed by atoms with Crippen LogP contribution >= 0.6 is 11.6 Å². The molecule has 0 saturated heterocycles. The number of para-hydroxylation sites is 1. The Hall–Kier alpha value is -3.05. The summed E-state index contributed by atoms with van der Waals surface area (Å²) in [6.07, 6.45) is 1.59. The van der Waals surface area contributed by atoms with E-state index in [1.54, 1.807) is 37.6 Å². The summed E-state index contributed by atoms with van der Waals surface area (Å²) in [6.45, 7) is -0.176. The van der Waals surface area contributed by atoms with Crippen molar-refractivity contribution in [1.29, 1.82) is 0 Å². The molecule has 0 bridgehead atoms. The van der Waals surface area contributed by atoms with Gasteiger partial charge in [0.15, 0.2) is 6.61 Å². The van der Waals surface area contributed by atoms with Crippen molar-refractivity contribution < 1.29 is 14.3 Å². The maximum Gasteiger partial charge on any atom is 0.277 e. The number of amides is 1. The smallest absolute Gasteiger partial charge is 0.277 e. The fourth-order valence-corrected chi connectivity index (χ4v) is 2.69. The standard InChI is InChI=1S/C20H17ClN2O3/c1-25-18-11-10-14(15-6-2-3-7-16(15)18)12-22-23-20(24)13-26-19-9-5-4-8-17(19)21/h2-12H,13H2,1H3,(H,23,24). The Labute approximate surface area is 156 Å². The quantitative estimate of drug-likeness (QED) is 0.528. The lowest BCUT2D eigenvalue weighted by Gasteiger charge is -2.08. The van der Waals surface area contributed by atoms with Crippen LogP contribution in [0.2, 0.25) is 5.02 Å². The number of nitrogens with zero attached hydrogens (tertiary/aromatic N) is 1. The number of hydrogen-bond acceptors (Lipinski definition) is 4. The highest BCUT2D eigenvalue weighted by atomic mass is 35.5. The zero-order chi connectivity index (χ0) is 18.4. The van der Waals surface area contributed by atoms with Gasteiger partial charge in [0.05, 0.1) is 18.3 Å². The van der Waals surface area contributed by atoms with E-state index in [0.29, 0.717) is 10.8 Å². The molecule has 0 fully saturated rings. The van der Waals surface area contributed by atoms with E-state index in [1.165, 1.54) is 0 Å². The van der Waals surface area contributed by atoms with Gasteiger partial charge in [-0.25, -0.2) is 5.43 Å². The third-order valence-electron chi connectivity index (χ3n) is 3.73. The lowest BCUT2D eigenvalue weighted by molar-refractivity contribution is -0.123. The second-order valence-corrected chi connectivity index (χ2v) is 5.82. The lowest BCUT2D eigenvalue weighted by Crippen LogP contribution is -2.24. The van der Waals surface area contributed by atoms with Gasteiger partial charge >= 0.3 is 0 Å². The van der Waals surface area contributed by atoms with Crippen LogP contribution in [-0.2, 0) is 4.79 Å². The van der Waals surface area contributed by atoms with Gasteiger partial charge in [0.2, 0.25) is 0 Å². The van der Waals surface area contributed by atoms with Crippen molar-refractivity contribution in [3.63, 3.8) is 0 Å². The first kappa shape index (κ1) is 17.8. The molecule has 0 aliphatic carbocycles. The molecule has 0 aliphatic heterocycles. The van der Waals surface area contributed by atoms with E-state index in [4.69, 9.17) is 21.1 Å². The molecular weight excluding hydrogens is 352 g/mol. The summed E-state index contributed by atoms with van der Waals surface area (Å²) in [7, 11) is 1.63. The predicted molar refractivity (Wildman–Crippen MR) is 103 cm³/mol. The Balaban J connectivity index is 1.64. The van der Waals surface area contributed by atoms with Gasteiger partial charge in [-0.1, -0.05) is 48.0 Å². The number of benzene rings is 3. The van der Waals surface area contributed by atoms with Gasteiger partial charge in [-0.05, 0) is 29.7 Å². The Bertz CT molecular complexity index is 957. The molecule has 0 radical (unpaired) electrons. The first-order valence-electron chi connectivity index (χ1n) is 7.94. The van der Waals surface area contributed by atoms with Crippen molar-refractivity contribution >= 4 is 34.5 Å². The molecule has 26 heavy (non-hydrogen) atoms. The number of hydrazone groups is 1. The Morgan fingerprint density at radius 2 is 1.77 bits per heavy atom. The van der Waals surface area contributed by atoms with E-state index in [9.17, 15) is 4.79 Å². The number of nitrogens with one attached hydrogen (secondary N) is 1. The van der Waals surface area contributed by atoms with Crippen LogP contribution in [0.25, 0.3) is 10.8 Å². The molecular formula is C20H17ClN2O3. The average molecular weight is 369 g/mol. The number of hydrogen-bond donors (Lipinski definition) is 1. The zero-order valence-corrected chi connectivity index (χ0v) is 14.9. The van der Waals surface area contributed by atoms with Gasteiger partial charge < -0.3 is 9.47 Å². The molecule has 0 aliphatic rings. The maximum atomic E-state index is 11.9. The molecule has 3 aromatic carbocycles. The number of carbonyl (C=O) groups excluding carboxylic acids is 1. The lowest BCUT2D eigenvalue weighted by atomic mass is 10.0. The molecule has 3 aromatic rings. The number of rotatable bonds is 6. The van der Waals surface area contributed by atoms with Crippen molar-refractivity contribution in [2.24, 2.45) is 5.10 Å². The van der Waals surface area contributed by atoms with Crippen LogP contribution in [-0.4, -0.2) is 25.8 Å². The van der Waals surface area contributed by atoms with E-state index in [-0.39, 0.29) is 12.5 Å². The highest BCUT2D eigenvalue weighted by Gasteiger charge is 2.06. The van der Waals surface area contributed by atoms with Gasteiger partial charge in [-0.3, -0.25) is 4.79 Å². The fourth-order valence-electron chi connectivity index (χ4n) is 2.50. The SMILES string of the molecule is COc1ccc(C=NNC(=O)COc2ccccc2Cl)c2ccccc12. The minimum Gasteiger partial charge on any atom is -0.496 e. The summed E-state index contributed by atoms with van der Waals surface area (Å²) >= 11 is 5.98. The number of halogens is 1. The summed E-state index contributed by atoms with van der Waals surface area (Å²) in [4.78, 5) is 11.9. The van der Waals surface area contributed by atoms with E-state index < -0.39 is 0 Å². The molecule has 5 nitrogen and oxygen atoms in total. The van der Waals surface area contributed by atoms with E-state index in [1.807, 2.05) is 36.4 Å². The average Bonchev–Trinajstić information content (AvgIpc) is 2.67. The predicted octanol–water partition coefficient (Wildman–Crippen LogP) is 4.03. The minimum absolute atomic E-state index is 0.176. The maximum absolute atomic E-state index is 11.9. The van der Waals surface area contributed by atoms with E-state index >= 15 is 0 Å². The van der Waals surface area contributed by atoms with Crippen LogP contribution in [0.1, 0.15) is 5.56 Å². The number of methoxy groups -OCH3 is 1. The van der Waals surface area contributed by atoms with Crippen molar-refractivity contribution in [2.45, 2.75) is 0 Å². The zero-order valence-electron chi connectivity index (χ0n) is 14.1. The topological polar surface area (TPSA) is 59.9 Å². The molecule has 6 heteroatoms. The fraction of sp³-hybridized carbons (Fsp3) is 0.100. The van der Waals surface area contributed by atoms with Crippen LogP contribution in [0.15, 0.2) is 65.8 Å². The summed E-state index contributed by atoms with van der Waals surface area (Å²) in [5.74, 6) is 0.864. The highest BCUT2D eigenvalue weighted by molar-refractivity contribution is 6.32. The van der Waals surface area contributed by atoms with E-state index in [0.717, 1.165) is 22.1 Å². The molecule has 1 amide bonds. The van der Waals surface area contributed by atoms with Gasteiger partial charge in [0.25, 0.3) is 5.91 Å².